The Morgan fingerprint density at radius 3 is 2.65 bits per heavy atom. The molecule has 6 nitrogen and oxygen atoms in total. The first-order chi connectivity index (χ1) is 16.6. The van der Waals surface area contributed by atoms with E-state index >= 15 is 0 Å². The Balaban J connectivity index is 1.58. The first kappa shape index (κ1) is 20.2. The van der Waals surface area contributed by atoms with Gasteiger partial charge in [0.25, 0.3) is 11.7 Å². The zero-order valence-corrected chi connectivity index (χ0v) is 18.1. The van der Waals surface area contributed by atoms with Gasteiger partial charge in [-0.1, -0.05) is 42.5 Å². The Morgan fingerprint density at radius 1 is 0.971 bits per heavy atom. The molecule has 0 saturated carbocycles. The summed E-state index contributed by atoms with van der Waals surface area (Å²) in [6, 6.07) is 23.1. The van der Waals surface area contributed by atoms with Gasteiger partial charge in [0.05, 0.1) is 23.6 Å². The molecule has 1 atom stereocenters. The highest BCUT2D eigenvalue weighted by Gasteiger charge is 2.48. The normalized spacial score (nSPS) is 18.8. The standard InChI is InChI=1S/C28H20N2O4/c31-26(19-11-12-23-18(16-19)13-15-34-23)24-25(21-9-3-4-14-29-21)30(28(33)27(24)32)22-10-5-7-17-6-1-2-8-20(17)22/h1-12,14,16,25,31H,13,15H2/b26-24+. The molecule has 3 heterocycles. The Bertz CT molecular complexity index is 1490. The van der Waals surface area contributed by atoms with Crippen LogP contribution in [0.3, 0.4) is 0 Å². The summed E-state index contributed by atoms with van der Waals surface area (Å²) < 4.78 is 5.57. The number of Topliss-reactive ketones (excluding diaryl/α,β-unsaturated/α-hetero) is 1. The third kappa shape index (κ3) is 3.07. The van der Waals surface area contributed by atoms with Crippen LogP contribution < -0.4 is 9.64 Å². The van der Waals surface area contributed by atoms with Crippen LogP contribution in [0.15, 0.2) is 90.6 Å². The third-order valence-electron chi connectivity index (χ3n) is 6.40. The lowest BCUT2D eigenvalue weighted by Gasteiger charge is -2.25. The number of benzene rings is 3. The lowest BCUT2D eigenvalue weighted by Crippen LogP contribution is -2.30. The van der Waals surface area contributed by atoms with Gasteiger partial charge in [-0.15, -0.1) is 0 Å². The van der Waals surface area contributed by atoms with Gasteiger partial charge in [-0.3, -0.25) is 19.5 Å². The Hall–Kier alpha value is -4.45. The van der Waals surface area contributed by atoms with Crippen molar-refractivity contribution in [2.24, 2.45) is 0 Å². The number of pyridine rings is 1. The molecule has 1 fully saturated rings. The molecule has 166 valence electrons. The number of ketones is 1. The van der Waals surface area contributed by atoms with Gasteiger partial charge in [0, 0.05) is 23.6 Å². The van der Waals surface area contributed by atoms with Crippen LogP contribution in [0.4, 0.5) is 5.69 Å². The maximum absolute atomic E-state index is 13.4. The molecule has 1 amide bonds. The minimum absolute atomic E-state index is 0.0236. The van der Waals surface area contributed by atoms with Crippen molar-refractivity contribution in [1.29, 1.82) is 0 Å². The minimum Gasteiger partial charge on any atom is -0.507 e. The molecule has 4 aromatic rings. The molecular formula is C28H20N2O4. The predicted octanol–water partition coefficient (Wildman–Crippen LogP) is 4.80. The second-order valence-electron chi connectivity index (χ2n) is 8.34. The summed E-state index contributed by atoms with van der Waals surface area (Å²) in [5.41, 5.74) is 2.55. The number of anilines is 1. The Morgan fingerprint density at radius 2 is 1.79 bits per heavy atom. The summed E-state index contributed by atoms with van der Waals surface area (Å²) in [6.45, 7) is 0.582. The van der Waals surface area contributed by atoms with E-state index in [1.54, 1.807) is 36.5 Å². The summed E-state index contributed by atoms with van der Waals surface area (Å²) in [6.07, 6.45) is 2.34. The summed E-state index contributed by atoms with van der Waals surface area (Å²) in [5.74, 6) is -0.878. The van der Waals surface area contributed by atoms with Crippen molar-refractivity contribution in [3.05, 3.63) is 107 Å². The number of carbonyl (C=O) groups excluding carboxylic acids is 2. The van der Waals surface area contributed by atoms with E-state index in [1.807, 2.05) is 48.5 Å². The monoisotopic (exact) mass is 448 g/mol. The zero-order chi connectivity index (χ0) is 23.2. The number of hydrogen-bond donors (Lipinski definition) is 1. The van der Waals surface area contributed by atoms with Crippen LogP contribution in [0.25, 0.3) is 16.5 Å². The van der Waals surface area contributed by atoms with Crippen molar-refractivity contribution in [1.82, 2.24) is 4.98 Å². The molecule has 1 aromatic heterocycles. The smallest absolute Gasteiger partial charge is 0.300 e. The molecule has 2 aliphatic heterocycles. The molecule has 0 aliphatic carbocycles. The number of hydrogen-bond acceptors (Lipinski definition) is 5. The van der Waals surface area contributed by atoms with Crippen LogP contribution in [0.5, 0.6) is 5.75 Å². The van der Waals surface area contributed by atoms with Crippen LogP contribution in [-0.4, -0.2) is 28.4 Å². The molecular weight excluding hydrogens is 428 g/mol. The fourth-order valence-corrected chi connectivity index (χ4v) is 4.81. The number of aliphatic hydroxyl groups excluding tert-OH is 1. The number of carbonyl (C=O) groups is 2. The van der Waals surface area contributed by atoms with Gasteiger partial charge >= 0.3 is 0 Å². The van der Waals surface area contributed by atoms with Gasteiger partial charge in [-0.2, -0.15) is 0 Å². The number of aromatic nitrogens is 1. The molecule has 0 radical (unpaired) electrons. The van der Waals surface area contributed by atoms with Crippen LogP contribution >= 0.6 is 0 Å². The van der Waals surface area contributed by atoms with E-state index in [-0.39, 0.29) is 11.3 Å². The molecule has 34 heavy (non-hydrogen) atoms. The third-order valence-corrected chi connectivity index (χ3v) is 6.40. The van der Waals surface area contributed by atoms with E-state index in [9.17, 15) is 14.7 Å². The molecule has 6 rings (SSSR count). The topological polar surface area (TPSA) is 79.7 Å². The van der Waals surface area contributed by atoms with E-state index in [1.165, 1.54) is 4.90 Å². The van der Waals surface area contributed by atoms with Crippen LogP contribution in [0.2, 0.25) is 0 Å². The molecule has 0 bridgehead atoms. The van der Waals surface area contributed by atoms with Crippen molar-refractivity contribution in [2.75, 3.05) is 11.5 Å². The Labute approximate surface area is 195 Å². The van der Waals surface area contributed by atoms with E-state index in [2.05, 4.69) is 4.98 Å². The number of nitrogens with zero attached hydrogens (tertiary/aromatic N) is 2. The molecule has 0 spiro atoms. The number of fused-ring (bicyclic) bond motifs is 2. The molecule has 6 heteroatoms. The first-order valence-corrected chi connectivity index (χ1v) is 11.1. The van der Waals surface area contributed by atoms with Gasteiger partial charge in [0.2, 0.25) is 0 Å². The van der Waals surface area contributed by atoms with Crippen molar-refractivity contribution in [2.45, 2.75) is 12.5 Å². The maximum Gasteiger partial charge on any atom is 0.300 e. The molecule has 1 unspecified atom stereocenters. The highest BCUT2D eigenvalue weighted by molar-refractivity contribution is 6.52. The first-order valence-electron chi connectivity index (χ1n) is 11.1. The second-order valence-corrected chi connectivity index (χ2v) is 8.34. The summed E-state index contributed by atoms with van der Waals surface area (Å²) >= 11 is 0. The lowest BCUT2D eigenvalue weighted by atomic mass is 9.96. The largest absolute Gasteiger partial charge is 0.507 e. The molecule has 3 aromatic carbocycles. The van der Waals surface area contributed by atoms with E-state index in [0.717, 1.165) is 28.5 Å². The SMILES string of the molecule is O=C1C(=O)N(c2cccc3ccccc23)C(c2ccccn2)/C1=C(\O)c1ccc2c(c1)CCO2. The number of amides is 1. The number of rotatable bonds is 3. The van der Waals surface area contributed by atoms with Crippen LogP contribution in [0.1, 0.15) is 22.9 Å². The number of ether oxygens (including phenoxy) is 1. The highest BCUT2D eigenvalue weighted by atomic mass is 16.5. The summed E-state index contributed by atoms with van der Waals surface area (Å²) in [4.78, 5) is 32.8. The van der Waals surface area contributed by atoms with Crippen molar-refractivity contribution in [3.63, 3.8) is 0 Å². The second kappa shape index (κ2) is 7.85. The average molecular weight is 448 g/mol. The zero-order valence-electron chi connectivity index (χ0n) is 18.1. The van der Waals surface area contributed by atoms with Crippen LogP contribution in [0, 0.1) is 0 Å². The minimum atomic E-state index is -0.864. The fourth-order valence-electron chi connectivity index (χ4n) is 4.81. The lowest BCUT2D eigenvalue weighted by molar-refractivity contribution is -0.132. The van der Waals surface area contributed by atoms with Gasteiger partial charge in [0.1, 0.15) is 17.6 Å². The van der Waals surface area contributed by atoms with Gasteiger partial charge in [0.15, 0.2) is 0 Å². The van der Waals surface area contributed by atoms with Crippen molar-refractivity contribution >= 4 is 33.9 Å². The van der Waals surface area contributed by atoms with Crippen molar-refractivity contribution < 1.29 is 19.4 Å². The fraction of sp³-hybridized carbons (Fsp3) is 0.107. The average Bonchev–Trinajstić information content (AvgIpc) is 3.46. The van der Waals surface area contributed by atoms with E-state index < -0.39 is 17.7 Å². The summed E-state index contributed by atoms with van der Waals surface area (Å²) in [7, 11) is 0. The van der Waals surface area contributed by atoms with Crippen molar-refractivity contribution in [3.8, 4) is 5.75 Å². The van der Waals surface area contributed by atoms with E-state index in [0.29, 0.717) is 23.6 Å². The highest BCUT2D eigenvalue weighted by Crippen LogP contribution is 2.44. The molecule has 2 aliphatic rings. The Kier molecular flexibility index (Phi) is 4.66. The summed E-state index contributed by atoms with van der Waals surface area (Å²) in [5, 5.41) is 13.1. The maximum atomic E-state index is 13.4. The van der Waals surface area contributed by atoms with Gasteiger partial charge < -0.3 is 9.84 Å². The van der Waals surface area contributed by atoms with Gasteiger partial charge in [-0.05, 0) is 47.3 Å². The molecule has 1 N–H and O–H groups in total. The van der Waals surface area contributed by atoms with Gasteiger partial charge in [-0.25, -0.2) is 0 Å². The van der Waals surface area contributed by atoms with Crippen LogP contribution in [-0.2, 0) is 16.0 Å². The quantitative estimate of drug-likeness (QED) is 0.277. The van der Waals surface area contributed by atoms with E-state index in [4.69, 9.17) is 4.74 Å². The molecule has 1 saturated heterocycles. The number of aliphatic hydroxyl groups is 1. The predicted molar refractivity (Wildman–Crippen MR) is 129 cm³/mol.